The van der Waals surface area contributed by atoms with Gasteiger partial charge in [-0.1, -0.05) is 55.0 Å². The topological polar surface area (TPSA) is 86.8 Å². The highest BCUT2D eigenvalue weighted by atomic mass is 32.2. The van der Waals surface area contributed by atoms with E-state index in [1.54, 1.807) is 36.4 Å². The lowest BCUT2D eigenvalue weighted by atomic mass is 10.1. The molecule has 0 radical (unpaired) electrons. The third kappa shape index (κ3) is 7.17. The normalized spacial score (nSPS) is 12.0. The molecule has 1 atom stereocenters. The zero-order valence-corrected chi connectivity index (χ0v) is 23.9. The average molecular weight is 554 g/mol. The van der Waals surface area contributed by atoms with Gasteiger partial charge in [0.15, 0.2) is 0 Å². The molecule has 0 fully saturated rings. The molecule has 202 valence electrons. The third-order valence-corrected chi connectivity index (χ3v) is 8.71. The number of amides is 2. The molecule has 3 aromatic rings. The van der Waals surface area contributed by atoms with Gasteiger partial charge in [0.05, 0.1) is 10.6 Å². The number of carbonyl (C=O) groups is 2. The molecular formula is C29H35N3O4S2. The minimum atomic E-state index is -4.08. The van der Waals surface area contributed by atoms with Crippen LogP contribution in [0.4, 0.5) is 5.69 Å². The molecule has 3 rings (SSSR count). The molecule has 0 saturated carbocycles. The van der Waals surface area contributed by atoms with Crippen LogP contribution >= 0.6 is 11.8 Å². The first kappa shape index (κ1) is 29.3. The average Bonchev–Trinajstić information content (AvgIpc) is 2.92. The smallest absolute Gasteiger partial charge is 0.264 e. The molecule has 0 unspecified atom stereocenters. The summed E-state index contributed by atoms with van der Waals surface area (Å²) in [7, 11) is -4.08. The first-order valence-corrected chi connectivity index (χ1v) is 15.2. The molecule has 0 aliphatic heterocycles. The van der Waals surface area contributed by atoms with Crippen molar-refractivity contribution >= 4 is 39.3 Å². The van der Waals surface area contributed by atoms with E-state index < -0.39 is 28.5 Å². The zero-order valence-electron chi connectivity index (χ0n) is 22.3. The van der Waals surface area contributed by atoms with Gasteiger partial charge < -0.3 is 10.2 Å². The fraction of sp³-hybridized carbons (Fsp3) is 0.310. The van der Waals surface area contributed by atoms with E-state index in [0.717, 1.165) is 20.3 Å². The predicted octanol–water partition coefficient (Wildman–Crippen LogP) is 4.86. The van der Waals surface area contributed by atoms with Crippen LogP contribution in [-0.4, -0.2) is 50.5 Å². The van der Waals surface area contributed by atoms with Gasteiger partial charge in [-0.15, -0.1) is 11.8 Å². The molecule has 0 spiro atoms. The number of sulfonamides is 1. The van der Waals surface area contributed by atoms with E-state index in [4.69, 9.17) is 0 Å². The Bertz CT molecular complexity index is 1310. The Labute approximate surface area is 230 Å². The van der Waals surface area contributed by atoms with Gasteiger partial charge in [0.25, 0.3) is 10.0 Å². The number of likely N-dealkylation sites (N-methyl/N-ethyl adjacent to an activating group) is 1. The summed E-state index contributed by atoms with van der Waals surface area (Å²) < 4.78 is 28.9. The number of hydrogen-bond acceptors (Lipinski definition) is 5. The second-order valence-electron chi connectivity index (χ2n) is 8.85. The Morgan fingerprint density at radius 3 is 2.11 bits per heavy atom. The molecule has 3 aromatic carbocycles. The number of benzene rings is 3. The fourth-order valence-electron chi connectivity index (χ4n) is 4.11. The summed E-state index contributed by atoms with van der Waals surface area (Å²) >= 11 is 1.52. The summed E-state index contributed by atoms with van der Waals surface area (Å²) in [5, 5.41) is 2.81. The van der Waals surface area contributed by atoms with E-state index in [2.05, 4.69) is 5.32 Å². The van der Waals surface area contributed by atoms with Crippen LogP contribution in [0.15, 0.2) is 88.7 Å². The summed E-state index contributed by atoms with van der Waals surface area (Å²) in [6.45, 7) is 5.74. The van der Waals surface area contributed by atoms with Gasteiger partial charge in [-0.05, 0) is 68.5 Å². The van der Waals surface area contributed by atoms with Gasteiger partial charge in [-0.25, -0.2) is 8.42 Å². The fourth-order valence-corrected chi connectivity index (χ4v) is 5.93. The summed E-state index contributed by atoms with van der Waals surface area (Å²) in [4.78, 5) is 29.4. The molecule has 0 aliphatic carbocycles. The van der Waals surface area contributed by atoms with Crippen molar-refractivity contribution in [3.8, 4) is 0 Å². The molecule has 38 heavy (non-hydrogen) atoms. The number of aryl methyl sites for hydroxylation is 1. The van der Waals surface area contributed by atoms with E-state index >= 15 is 0 Å². The molecule has 0 aromatic heterocycles. The van der Waals surface area contributed by atoms with Crippen molar-refractivity contribution in [2.24, 2.45) is 0 Å². The zero-order chi connectivity index (χ0) is 27.7. The van der Waals surface area contributed by atoms with Crippen molar-refractivity contribution in [1.82, 2.24) is 10.2 Å². The van der Waals surface area contributed by atoms with E-state index in [-0.39, 0.29) is 17.3 Å². The Balaban J connectivity index is 2.04. The number of thioether (sulfide) groups is 1. The SMILES string of the molecule is CCNC(=O)[C@H](CC)N(Cc1ccccc1)C(=O)CN(c1ccc(C)cc1)S(=O)(=O)c1ccc(SC)cc1. The molecule has 2 amide bonds. The van der Waals surface area contributed by atoms with Gasteiger partial charge in [0.2, 0.25) is 11.8 Å². The largest absolute Gasteiger partial charge is 0.355 e. The maximum Gasteiger partial charge on any atom is 0.264 e. The molecule has 1 N–H and O–H groups in total. The molecule has 0 saturated heterocycles. The molecule has 9 heteroatoms. The van der Waals surface area contributed by atoms with Crippen molar-refractivity contribution in [3.05, 3.63) is 90.0 Å². The lowest BCUT2D eigenvalue weighted by Gasteiger charge is -2.33. The van der Waals surface area contributed by atoms with Crippen LogP contribution in [0, 0.1) is 6.92 Å². The lowest BCUT2D eigenvalue weighted by Crippen LogP contribution is -2.52. The summed E-state index contributed by atoms with van der Waals surface area (Å²) in [6.07, 6.45) is 2.30. The van der Waals surface area contributed by atoms with E-state index in [0.29, 0.717) is 18.7 Å². The lowest BCUT2D eigenvalue weighted by molar-refractivity contribution is -0.140. The van der Waals surface area contributed by atoms with Gasteiger partial charge in [0, 0.05) is 18.0 Å². The highest BCUT2D eigenvalue weighted by molar-refractivity contribution is 7.98. The quantitative estimate of drug-likeness (QED) is 0.324. The minimum Gasteiger partial charge on any atom is -0.355 e. The third-order valence-electron chi connectivity index (χ3n) is 6.18. The van der Waals surface area contributed by atoms with Crippen LogP contribution in [0.3, 0.4) is 0 Å². The summed E-state index contributed by atoms with van der Waals surface area (Å²) in [6, 6.07) is 22.2. The summed E-state index contributed by atoms with van der Waals surface area (Å²) in [5.74, 6) is -0.728. The Morgan fingerprint density at radius 1 is 0.921 bits per heavy atom. The minimum absolute atomic E-state index is 0.0917. The molecular weight excluding hydrogens is 518 g/mol. The highest BCUT2D eigenvalue weighted by Crippen LogP contribution is 2.26. The van der Waals surface area contributed by atoms with Crippen LogP contribution in [0.2, 0.25) is 0 Å². The number of nitrogens with one attached hydrogen (secondary N) is 1. The van der Waals surface area contributed by atoms with Crippen molar-refractivity contribution in [2.75, 3.05) is 23.7 Å². The van der Waals surface area contributed by atoms with Gasteiger partial charge in [-0.2, -0.15) is 0 Å². The van der Waals surface area contributed by atoms with Crippen LogP contribution in [0.5, 0.6) is 0 Å². The van der Waals surface area contributed by atoms with Crippen LogP contribution in [-0.2, 0) is 26.2 Å². The maximum absolute atomic E-state index is 13.9. The number of anilines is 1. The predicted molar refractivity (Wildman–Crippen MR) is 154 cm³/mol. The van der Waals surface area contributed by atoms with Gasteiger partial charge in [0.1, 0.15) is 12.6 Å². The first-order valence-electron chi connectivity index (χ1n) is 12.6. The number of carbonyl (C=O) groups excluding carboxylic acids is 2. The van der Waals surface area contributed by atoms with Crippen molar-refractivity contribution in [2.45, 2.75) is 49.6 Å². The standard InChI is InChI=1S/C29H35N3O4S2/c1-5-27(29(34)30-6-2)31(20-23-10-8-7-9-11-23)28(33)21-32(24-14-12-22(3)13-15-24)38(35,36)26-18-16-25(37-4)17-19-26/h7-19,27H,5-6,20-21H2,1-4H3,(H,30,34)/t27-/m0/s1. The van der Waals surface area contributed by atoms with Crippen LogP contribution in [0.25, 0.3) is 0 Å². The molecule has 0 heterocycles. The highest BCUT2D eigenvalue weighted by Gasteiger charge is 2.33. The monoisotopic (exact) mass is 553 g/mol. The van der Waals surface area contributed by atoms with Crippen molar-refractivity contribution < 1.29 is 18.0 Å². The number of rotatable bonds is 12. The van der Waals surface area contributed by atoms with E-state index in [1.165, 1.54) is 16.7 Å². The first-order chi connectivity index (χ1) is 18.2. The maximum atomic E-state index is 13.9. The van der Waals surface area contributed by atoms with Crippen LogP contribution in [0.1, 0.15) is 31.4 Å². The Hall–Kier alpha value is -3.30. The molecule has 0 bridgehead atoms. The van der Waals surface area contributed by atoms with Crippen molar-refractivity contribution in [3.63, 3.8) is 0 Å². The second-order valence-corrected chi connectivity index (χ2v) is 11.6. The Morgan fingerprint density at radius 2 is 1.55 bits per heavy atom. The summed E-state index contributed by atoms with van der Waals surface area (Å²) in [5.41, 5.74) is 2.19. The number of nitrogens with zero attached hydrogens (tertiary/aromatic N) is 2. The molecule has 7 nitrogen and oxygen atoms in total. The molecule has 0 aliphatic rings. The van der Waals surface area contributed by atoms with Crippen LogP contribution < -0.4 is 9.62 Å². The van der Waals surface area contributed by atoms with Gasteiger partial charge >= 0.3 is 0 Å². The van der Waals surface area contributed by atoms with Crippen molar-refractivity contribution in [1.29, 1.82) is 0 Å². The van der Waals surface area contributed by atoms with Gasteiger partial charge in [-0.3, -0.25) is 13.9 Å². The van der Waals surface area contributed by atoms with E-state index in [9.17, 15) is 18.0 Å². The number of hydrogen-bond donors (Lipinski definition) is 1. The second kappa shape index (κ2) is 13.5. The Kier molecular flexibility index (Phi) is 10.4. The van der Waals surface area contributed by atoms with E-state index in [1.807, 2.05) is 69.5 Å².